The van der Waals surface area contributed by atoms with Gasteiger partial charge in [0.25, 0.3) is 0 Å². The zero-order chi connectivity index (χ0) is 106. The molecule has 5 N–H and O–H groups in total. The lowest BCUT2D eigenvalue weighted by Crippen LogP contribution is -2.51. The number of hydrogen-bond donors (Lipinski definition) is 5. The van der Waals surface area contributed by atoms with Gasteiger partial charge in [-0.2, -0.15) is 39.5 Å². The third-order valence-corrected chi connectivity index (χ3v) is 22.4. The molecule has 774 valence electrons. The van der Waals surface area contributed by atoms with E-state index in [1.807, 2.05) is 22.6 Å². The molecule has 0 aliphatic carbocycles. The van der Waals surface area contributed by atoms with Gasteiger partial charge >= 0.3 is 60.8 Å². The average molecular weight is 2130 g/mol. The van der Waals surface area contributed by atoms with Crippen LogP contribution in [0.15, 0.2) is 127 Å². The van der Waals surface area contributed by atoms with E-state index >= 15 is 4.39 Å². The molecule has 3 saturated heterocycles. The molecule has 6 heterocycles. The first-order chi connectivity index (χ1) is 67.0. The van der Waals surface area contributed by atoms with Gasteiger partial charge in [0.2, 0.25) is 0 Å². The second-order valence-corrected chi connectivity index (χ2v) is 38.1. The molecule has 3 aliphatic rings. The Morgan fingerprint density at radius 3 is 1.17 bits per heavy atom. The Hall–Kier alpha value is -13.4. The minimum Gasteiger partial charge on any atom is -0.495 e. The van der Waals surface area contributed by atoms with E-state index in [2.05, 4.69) is 60.9 Å². The fraction of sp³-hybridized carbons (Fsp3) is 0.455. The number of anilines is 6. The first-order valence-corrected chi connectivity index (χ1v) is 46.1. The van der Waals surface area contributed by atoms with Crippen molar-refractivity contribution in [1.29, 1.82) is 0 Å². The van der Waals surface area contributed by atoms with Crippen LogP contribution < -0.4 is 50.6 Å². The number of methoxy groups -OCH3 is 6. The van der Waals surface area contributed by atoms with Crippen molar-refractivity contribution in [3.63, 3.8) is 0 Å². The number of nitrogens with one attached hydrogen (secondary N) is 5. The molecule has 0 unspecified atom stereocenters. The topological polar surface area (TPSA) is 300 Å². The summed E-state index contributed by atoms with van der Waals surface area (Å²) in [5, 5.41) is 17.0. The fourth-order valence-electron chi connectivity index (χ4n) is 15.2. The Balaban J connectivity index is 0.000000222. The van der Waals surface area contributed by atoms with Crippen molar-refractivity contribution in [3.8, 4) is 53.3 Å². The number of piperidine rings is 3. The fourth-order valence-corrected chi connectivity index (χ4v) is 16.0. The number of nitrogens with zero attached hydrogens (tertiary/aromatic N) is 7. The third-order valence-electron chi connectivity index (χ3n) is 21.5. The molecule has 3 aromatic heterocycles. The predicted molar refractivity (Wildman–Crippen MR) is 527 cm³/mol. The number of amides is 4. The molecule has 3 fully saturated rings. The first-order valence-electron chi connectivity index (χ1n) is 45.0. The van der Waals surface area contributed by atoms with Gasteiger partial charge in [-0.05, 0) is 253 Å². The van der Waals surface area contributed by atoms with Crippen molar-refractivity contribution in [1.82, 2.24) is 28.8 Å². The number of carbonyl (C=O) groups excluding carboxylic acids is 7. The number of carbonyl (C=O) groups is 7. The molecule has 0 saturated carbocycles. The molecular formula is C101H117F12IN12O17. The Morgan fingerprint density at radius 2 is 0.804 bits per heavy atom. The van der Waals surface area contributed by atoms with Gasteiger partial charge < -0.3 is 97.5 Å². The summed E-state index contributed by atoms with van der Waals surface area (Å²) in [7, 11) is 8.01. The van der Waals surface area contributed by atoms with E-state index in [4.69, 9.17) is 49.1 Å². The van der Waals surface area contributed by atoms with Crippen LogP contribution in [-0.2, 0) is 52.8 Å². The highest BCUT2D eigenvalue weighted by molar-refractivity contribution is 14.1. The molecule has 6 aromatic carbocycles. The van der Waals surface area contributed by atoms with Crippen molar-refractivity contribution in [3.05, 3.63) is 159 Å². The van der Waals surface area contributed by atoms with Gasteiger partial charge in [0.15, 0.2) is 0 Å². The molecule has 6 atom stereocenters. The lowest BCUT2D eigenvalue weighted by Gasteiger charge is -2.36. The van der Waals surface area contributed by atoms with E-state index in [1.54, 1.807) is 162 Å². The lowest BCUT2D eigenvalue weighted by molar-refractivity contribution is -0.141. The van der Waals surface area contributed by atoms with Gasteiger partial charge in [-0.25, -0.2) is 46.7 Å². The number of halogens is 13. The van der Waals surface area contributed by atoms with Crippen LogP contribution in [0.25, 0.3) is 32.7 Å². The molecule has 0 spiro atoms. The van der Waals surface area contributed by atoms with E-state index in [-0.39, 0.29) is 86.1 Å². The number of benzene rings is 6. The third kappa shape index (κ3) is 32.5. The number of likely N-dealkylation sites (tertiary alicyclic amines) is 2. The van der Waals surface area contributed by atoms with Crippen molar-refractivity contribution >= 4 is 132 Å². The summed E-state index contributed by atoms with van der Waals surface area (Å²) in [5.74, 6) is 12.9. The monoisotopic (exact) mass is 2120 g/mol. The summed E-state index contributed by atoms with van der Waals surface area (Å²) < 4.78 is 221. The van der Waals surface area contributed by atoms with E-state index in [0.29, 0.717) is 108 Å². The highest BCUT2D eigenvalue weighted by Gasteiger charge is 2.40. The molecule has 42 heteroatoms. The van der Waals surface area contributed by atoms with Crippen LogP contribution in [0.4, 0.5) is 106 Å². The number of hydrogen-bond acceptors (Lipinski definition) is 22. The quantitative estimate of drug-likeness (QED) is 0.0147. The normalized spacial score (nSPS) is 16.6. The molecule has 143 heavy (non-hydrogen) atoms. The zero-order valence-electron chi connectivity index (χ0n) is 82.3. The smallest absolute Gasteiger partial charge is 0.415 e. The van der Waals surface area contributed by atoms with E-state index in [9.17, 15) is 81.9 Å². The van der Waals surface area contributed by atoms with Crippen molar-refractivity contribution in [2.45, 2.75) is 200 Å². The maximum absolute atomic E-state index is 15.4. The molecule has 12 rings (SSSR count). The van der Waals surface area contributed by atoms with Crippen molar-refractivity contribution < 1.29 is 134 Å². The van der Waals surface area contributed by atoms with Crippen LogP contribution in [0.3, 0.4) is 0 Å². The van der Waals surface area contributed by atoms with Crippen LogP contribution in [0.5, 0.6) is 17.2 Å². The molecule has 29 nitrogen and oxygen atoms in total. The summed E-state index contributed by atoms with van der Waals surface area (Å²) in [6.45, 7) is 17.9. The van der Waals surface area contributed by atoms with Gasteiger partial charge in [-0.15, -0.1) is 6.42 Å². The molecule has 9 aromatic rings. The minimum atomic E-state index is -4.61. The molecular weight excluding hydrogens is 2010 g/mol. The van der Waals surface area contributed by atoms with Crippen LogP contribution in [-0.4, -0.2) is 245 Å². The number of alkyl halides is 12. The molecule has 0 bridgehead atoms. The largest absolute Gasteiger partial charge is 0.495 e. The van der Waals surface area contributed by atoms with Crippen molar-refractivity contribution in [2.24, 2.45) is 0 Å². The Kier molecular flexibility index (Phi) is 38.4. The van der Waals surface area contributed by atoms with Crippen LogP contribution in [0.1, 0.15) is 145 Å². The summed E-state index contributed by atoms with van der Waals surface area (Å²) in [4.78, 5) is 90.9. The highest BCUT2D eigenvalue weighted by atomic mass is 127. The van der Waals surface area contributed by atoms with Gasteiger partial charge in [0.05, 0.1) is 159 Å². The number of terminal acetylenes is 1. The molecule has 0 radical (unpaired) electrons. The second-order valence-electron chi connectivity index (χ2n) is 37.0. The van der Waals surface area contributed by atoms with Crippen molar-refractivity contribution in [2.75, 3.05) is 133 Å². The van der Waals surface area contributed by atoms with E-state index in [1.165, 1.54) is 110 Å². The number of rotatable bonds is 21. The molecule has 3 aliphatic heterocycles. The number of aromatic nitrogens is 3. The van der Waals surface area contributed by atoms with E-state index in [0.717, 1.165) is 14.0 Å². The standard InChI is InChI=1S/C37H44F4N4O7.C27H28F4N4O3.C20H24F4IN3O2.C17H21NO5/c1-35(2,3)51-33(47)43-18-16-28(26(38)21-43)42-27-12-9-13-29-25(27)20-24(45(29)22-37(39,40)41)11-10-17-44(34(48)52-36(4,5)6)30-15-14-23(32(46)50-8)19-31(30)49-7;1-37-25-13-17(26(36)38-2)8-9-23(25)33-11-4-5-18-14-19-21(34-22-10-12-32-15-20(22)28)6-3-7-24(19)35(18)16-27(29,30)31;1-19(2,3)30-18(29)27-8-7-15(13(21)10-27)26-14-5-4-6-16-12(14)9-17(25)28(16)11-20(22,23)24;1-7-10-18(16(20)23-17(2,3)4)13-9-8-12(15(19)22-6)11-14(13)21-5/h9,12-15,19-20,26,28,42H,16-18,21-22H2,1-8H3;3,6-9,13-14,20,22,32-34H,10-12,15-16H2,1-2H3;4-6,9,13,15,26H,7-8,10-11H2,1-3H3;1,8-9,11H,10H2,2-6H3/t26-,28+;20-,22+;13-,15+;/m000./s1. The molecule has 4 amide bonds. The van der Waals surface area contributed by atoms with Gasteiger partial charge in [-0.1, -0.05) is 36.0 Å². The van der Waals surface area contributed by atoms with Crippen LogP contribution in [0, 0.1) is 39.7 Å². The minimum absolute atomic E-state index is 0.00282. The first kappa shape index (κ1) is 113. The number of fused-ring (bicyclic) bond motifs is 3. The number of esters is 3. The zero-order valence-corrected chi connectivity index (χ0v) is 84.4. The highest BCUT2D eigenvalue weighted by Crippen LogP contribution is 2.40. The number of ether oxygens (including phenoxy) is 10. The van der Waals surface area contributed by atoms with Gasteiger partial charge in [0.1, 0.15) is 77.8 Å². The Labute approximate surface area is 834 Å². The Bertz CT molecular complexity index is 6190. The second kappa shape index (κ2) is 48.6. The van der Waals surface area contributed by atoms with Gasteiger partial charge in [-0.3, -0.25) is 9.80 Å². The summed E-state index contributed by atoms with van der Waals surface area (Å²) in [6, 6.07) is 31.2. The lowest BCUT2D eigenvalue weighted by atomic mass is 10.0. The van der Waals surface area contributed by atoms with Gasteiger partial charge in [0, 0.05) is 52.9 Å². The van der Waals surface area contributed by atoms with E-state index < -0.39 is 139 Å². The summed E-state index contributed by atoms with van der Waals surface area (Å²) in [5.41, 5.74) is 1.67. The maximum Gasteiger partial charge on any atom is 0.415 e. The van der Waals surface area contributed by atoms with Crippen LogP contribution >= 0.6 is 22.6 Å². The Morgan fingerprint density at radius 1 is 0.441 bits per heavy atom. The SMILES string of the molecule is C#CCN(C(=O)OC(C)(C)C)c1ccc(C(=O)OC)cc1OC.CC(C)(C)OC(=O)N1CC[C@@H](Nc2cccc3c2cc(I)n3CC(F)(F)F)[C@@H](F)C1.COC(=O)c1ccc(N(CC#Cc2cc3c(N[C@@H]4CCN(C(=O)OC(C)(C)C)C[C@@H]4F)cccc3n2CC(F)(F)F)C(=O)OC(C)(C)C)c(OC)c1.COC(=O)c1ccc(NCC#Cc2cc3c(N[C@@H]4CCNC[C@@H]4F)cccc3n2CC(F)(F)F)c(OC)c1. The maximum atomic E-state index is 15.4. The van der Waals surface area contributed by atoms with Crippen LogP contribution in [0.2, 0.25) is 0 Å². The predicted octanol–water partition coefficient (Wildman–Crippen LogP) is 20.5. The average Bonchev–Trinajstić information content (AvgIpc) is 1.63. The summed E-state index contributed by atoms with van der Waals surface area (Å²) >= 11 is 1.87. The summed E-state index contributed by atoms with van der Waals surface area (Å²) in [6.07, 6.45) is -13.4.